The zero-order chi connectivity index (χ0) is 19.9. The maximum atomic E-state index is 12.2. The summed E-state index contributed by atoms with van der Waals surface area (Å²) in [6.45, 7) is 1.73. The summed E-state index contributed by atoms with van der Waals surface area (Å²) in [6.07, 6.45) is 4.35. The topological polar surface area (TPSA) is 117 Å². The Hall–Kier alpha value is -3.88. The molecule has 0 radical (unpaired) electrons. The van der Waals surface area contributed by atoms with Crippen LogP contribution in [-0.4, -0.2) is 28.3 Å². The fourth-order valence-electron chi connectivity index (χ4n) is 2.27. The molecule has 0 saturated heterocycles. The Kier molecular flexibility index (Phi) is 5.85. The molecule has 9 nitrogen and oxygen atoms in total. The SMILES string of the molecule is CCOC(=O)/C=C/c1ccc(NC(=O)Cn2nc(-c3ccco3)oc2=O)cc1. The normalized spacial score (nSPS) is 10.9. The van der Waals surface area contributed by atoms with E-state index in [1.807, 2.05) is 0 Å². The molecule has 0 fully saturated rings. The molecule has 2 heterocycles. The first-order valence-corrected chi connectivity index (χ1v) is 8.41. The van der Waals surface area contributed by atoms with Crippen LogP contribution < -0.4 is 11.1 Å². The van der Waals surface area contributed by atoms with Gasteiger partial charge in [0.15, 0.2) is 5.76 Å². The Morgan fingerprint density at radius 1 is 1.25 bits per heavy atom. The van der Waals surface area contributed by atoms with Crippen LogP contribution in [0.5, 0.6) is 0 Å². The number of ether oxygens (including phenoxy) is 1. The highest BCUT2D eigenvalue weighted by Gasteiger charge is 2.15. The van der Waals surface area contributed by atoms with Crippen molar-refractivity contribution in [1.29, 1.82) is 0 Å². The quantitative estimate of drug-likeness (QED) is 0.491. The van der Waals surface area contributed by atoms with Crippen molar-refractivity contribution in [2.45, 2.75) is 13.5 Å². The van der Waals surface area contributed by atoms with Crippen molar-refractivity contribution < 1.29 is 23.2 Å². The van der Waals surface area contributed by atoms with Crippen LogP contribution in [0.3, 0.4) is 0 Å². The van der Waals surface area contributed by atoms with Gasteiger partial charge >= 0.3 is 11.7 Å². The van der Waals surface area contributed by atoms with Gasteiger partial charge < -0.3 is 18.9 Å². The molecule has 0 bridgehead atoms. The number of rotatable bonds is 7. The highest BCUT2D eigenvalue weighted by atomic mass is 16.5. The van der Waals surface area contributed by atoms with E-state index in [4.69, 9.17) is 13.6 Å². The zero-order valence-electron chi connectivity index (χ0n) is 15.0. The number of aromatic nitrogens is 2. The van der Waals surface area contributed by atoms with Crippen molar-refractivity contribution in [1.82, 2.24) is 9.78 Å². The predicted octanol–water partition coefficient (Wildman–Crippen LogP) is 2.31. The van der Waals surface area contributed by atoms with Crippen LogP contribution in [0.25, 0.3) is 17.7 Å². The molecule has 0 atom stereocenters. The van der Waals surface area contributed by atoms with Crippen LogP contribution in [-0.2, 0) is 20.9 Å². The smallest absolute Gasteiger partial charge is 0.437 e. The molecule has 0 unspecified atom stereocenters. The molecule has 0 aliphatic rings. The molecule has 144 valence electrons. The molecule has 0 saturated carbocycles. The number of nitrogens with zero attached hydrogens (tertiary/aromatic N) is 2. The second kappa shape index (κ2) is 8.67. The van der Waals surface area contributed by atoms with Crippen molar-refractivity contribution >= 4 is 23.6 Å². The van der Waals surface area contributed by atoms with Gasteiger partial charge in [-0.1, -0.05) is 12.1 Å². The van der Waals surface area contributed by atoms with Crippen LogP contribution in [0.15, 0.2) is 62.4 Å². The van der Waals surface area contributed by atoms with Gasteiger partial charge in [0, 0.05) is 11.8 Å². The number of hydrogen-bond donors (Lipinski definition) is 1. The second-order valence-electron chi connectivity index (χ2n) is 5.56. The molecule has 1 aromatic carbocycles. The first-order valence-electron chi connectivity index (χ1n) is 8.41. The fraction of sp³-hybridized carbons (Fsp3) is 0.158. The zero-order valence-corrected chi connectivity index (χ0v) is 15.0. The minimum absolute atomic E-state index is 0.000500. The van der Waals surface area contributed by atoms with Crippen LogP contribution in [0.1, 0.15) is 12.5 Å². The van der Waals surface area contributed by atoms with Crippen LogP contribution in [0.2, 0.25) is 0 Å². The van der Waals surface area contributed by atoms with Gasteiger partial charge in [-0.3, -0.25) is 4.79 Å². The lowest BCUT2D eigenvalue weighted by atomic mass is 10.2. The number of anilines is 1. The van der Waals surface area contributed by atoms with E-state index >= 15 is 0 Å². The molecule has 3 aromatic rings. The number of hydrogen-bond acceptors (Lipinski definition) is 7. The number of esters is 1. The summed E-state index contributed by atoms with van der Waals surface area (Å²) in [5, 5.41) is 6.59. The third-order valence-corrected chi connectivity index (χ3v) is 3.52. The van der Waals surface area contributed by atoms with Gasteiger partial charge in [0.25, 0.3) is 5.89 Å². The summed E-state index contributed by atoms with van der Waals surface area (Å²) >= 11 is 0. The molecule has 2 aromatic heterocycles. The largest absolute Gasteiger partial charge is 0.463 e. The third-order valence-electron chi connectivity index (χ3n) is 3.52. The van der Waals surface area contributed by atoms with Gasteiger partial charge in [-0.05, 0) is 42.8 Å². The van der Waals surface area contributed by atoms with E-state index in [-0.39, 0.29) is 12.4 Å². The summed E-state index contributed by atoms with van der Waals surface area (Å²) in [5.41, 5.74) is 1.29. The number of carbonyl (C=O) groups excluding carboxylic acids is 2. The lowest BCUT2D eigenvalue weighted by molar-refractivity contribution is -0.137. The lowest BCUT2D eigenvalue weighted by Gasteiger charge is -2.04. The molecule has 1 amide bonds. The van der Waals surface area contributed by atoms with Gasteiger partial charge in [0.05, 0.1) is 12.9 Å². The molecule has 3 rings (SSSR count). The Labute approximate surface area is 159 Å². The average molecular weight is 383 g/mol. The van der Waals surface area contributed by atoms with Crippen LogP contribution in [0, 0.1) is 0 Å². The molecule has 28 heavy (non-hydrogen) atoms. The standard InChI is InChI=1S/C19H17N3O6/c1-2-26-17(24)10-7-13-5-8-14(9-6-13)20-16(23)12-22-19(25)28-18(21-22)15-4-3-11-27-15/h3-11H,2,12H2,1H3,(H,20,23)/b10-7+. The van der Waals surface area contributed by atoms with Gasteiger partial charge in [0.1, 0.15) is 6.54 Å². The molecule has 1 N–H and O–H groups in total. The molecule has 0 spiro atoms. The number of carbonyl (C=O) groups is 2. The van der Waals surface area contributed by atoms with Crippen LogP contribution >= 0.6 is 0 Å². The highest BCUT2D eigenvalue weighted by Crippen LogP contribution is 2.15. The van der Waals surface area contributed by atoms with E-state index in [0.717, 1.165) is 10.2 Å². The van der Waals surface area contributed by atoms with E-state index in [9.17, 15) is 14.4 Å². The van der Waals surface area contributed by atoms with Gasteiger partial charge in [-0.2, -0.15) is 4.68 Å². The molecular formula is C19H17N3O6. The van der Waals surface area contributed by atoms with Crippen molar-refractivity contribution in [2.75, 3.05) is 11.9 Å². The number of nitrogens with one attached hydrogen (secondary N) is 1. The lowest BCUT2D eigenvalue weighted by Crippen LogP contribution is -2.25. The summed E-state index contributed by atoms with van der Waals surface area (Å²) in [4.78, 5) is 35.3. The van der Waals surface area contributed by atoms with Crippen molar-refractivity contribution in [3.05, 3.63) is 64.9 Å². The maximum Gasteiger partial charge on any atom is 0.437 e. The molecule has 9 heteroatoms. The van der Waals surface area contributed by atoms with E-state index < -0.39 is 17.6 Å². The molecule has 0 aliphatic heterocycles. The van der Waals surface area contributed by atoms with E-state index in [0.29, 0.717) is 18.1 Å². The Morgan fingerprint density at radius 3 is 2.71 bits per heavy atom. The third kappa shape index (κ3) is 4.85. The summed E-state index contributed by atoms with van der Waals surface area (Å²) < 4.78 is 15.8. The van der Waals surface area contributed by atoms with E-state index in [2.05, 4.69) is 10.4 Å². The number of benzene rings is 1. The first kappa shape index (κ1) is 18.9. The minimum atomic E-state index is -0.763. The molecule has 0 aliphatic carbocycles. The fourth-order valence-corrected chi connectivity index (χ4v) is 2.27. The summed E-state index contributed by atoms with van der Waals surface area (Å²) in [6, 6.07) is 10.0. The van der Waals surface area contributed by atoms with E-state index in [1.54, 1.807) is 49.4 Å². The Bertz CT molecular complexity index is 1030. The number of furan rings is 1. The van der Waals surface area contributed by atoms with Gasteiger partial charge in [0.2, 0.25) is 5.91 Å². The Balaban J connectivity index is 1.59. The average Bonchev–Trinajstić information content (AvgIpc) is 3.32. The van der Waals surface area contributed by atoms with Gasteiger partial charge in [-0.25, -0.2) is 9.59 Å². The highest BCUT2D eigenvalue weighted by molar-refractivity contribution is 5.91. The Morgan fingerprint density at radius 2 is 2.04 bits per heavy atom. The monoisotopic (exact) mass is 383 g/mol. The maximum absolute atomic E-state index is 12.2. The second-order valence-corrected chi connectivity index (χ2v) is 5.56. The number of amides is 1. The summed E-state index contributed by atoms with van der Waals surface area (Å²) in [5.74, 6) is -1.34. The first-order chi connectivity index (χ1) is 13.5. The predicted molar refractivity (Wildman–Crippen MR) is 99.2 cm³/mol. The molecular weight excluding hydrogens is 366 g/mol. The van der Waals surface area contributed by atoms with Crippen LogP contribution in [0.4, 0.5) is 5.69 Å². The van der Waals surface area contributed by atoms with Crippen molar-refractivity contribution in [2.24, 2.45) is 0 Å². The van der Waals surface area contributed by atoms with Crippen molar-refractivity contribution in [3.63, 3.8) is 0 Å². The minimum Gasteiger partial charge on any atom is -0.463 e. The summed E-state index contributed by atoms with van der Waals surface area (Å²) in [7, 11) is 0. The van der Waals surface area contributed by atoms with Gasteiger partial charge in [-0.15, -0.1) is 5.10 Å². The van der Waals surface area contributed by atoms with E-state index in [1.165, 1.54) is 12.3 Å². The van der Waals surface area contributed by atoms with Crippen molar-refractivity contribution in [3.8, 4) is 11.7 Å².